The topological polar surface area (TPSA) is 89.5 Å². The molecule has 1 aliphatic carbocycles. The van der Waals surface area contributed by atoms with Crippen LogP contribution in [0.15, 0.2) is 59.1 Å². The number of benzene rings is 3. The van der Waals surface area contributed by atoms with Crippen LogP contribution in [0.2, 0.25) is 5.02 Å². The molecule has 0 spiro atoms. The summed E-state index contributed by atoms with van der Waals surface area (Å²) in [5.74, 6) is -3.27. The van der Waals surface area contributed by atoms with E-state index in [9.17, 15) is 23.6 Å². The highest BCUT2D eigenvalue weighted by atomic mass is 79.9. The fourth-order valence-corrected chi connectivity index (χ4v) is 3.95. The molecule has 9 heteroatoms. The Kier molecular flexibility index (Phi) is 5.90. The van der Waals surface area contributed by atoms with Crippen molar-refractivity contribution in [2.24, 2.45) is 0 Å². The molecule has 6 nitrogen and oxygen atoms in total. The summed E-state index contributed by atoms with van der Waals surface area (Å²) in [7, 11) is 0. The van der Waals surface area contributed by atoms with Crippen molar-refractivity contribution in [3.63, 3.8) is 0 Å². The third-order valence-electron chi connectivity index (χ3n) is 4.79. The summed E-state index contributed by atoms with van der Waals surface area (Å²) in [6.07, 6.45) is 0. The number of hydrogen-bond acceptors (Lipinski definition) is 5. The van der Waals surface area contributed by atoms with Gasteiger partial charge in [0.2, 0.25) is 0 Å². The Balaban J connectivity index is 1.52. The lowest BCUT2D eigenvalue weighted by Gasteiger charge is -2.19. The zero-order valence-corrected chi connectivity index (χ0v) is 18.4. The number of carbonyl (C=O) groups excluding carboxylic acids is 4. The number of amides is 1. The third kappa shape index (κ3) is 3.94. The highest BCUT2D eigenvalue weighted by molar-refractivity contribution is 9.10. The second-order valence-corrected chi connectivity index (χ2v) is 8.10. The molecule has 0 saturated carbocycles. The minimum atomic E-state index is -0.969. The van der Waals surface area contributed by atoms with Gasteiger partial charge in [-0.2, -0.15) is 0 Å². The van der Waals surface area contributed by atoms with E-state index in [1.54, 1.807) is 18.2 Å². The summed E-state index contributed by atoms with van der Waals surface area (Å²) in [6.45, 7) is -0.711. The van der Waals surface area contributed by atoms with Gasteiger partial charge in [0, 0.05) is 21.2 Å². The lowest BCUT2D eigenvalue weighted by molar-refractivity contribution is -0.119. The van der Waals surface area contributed by atoms with Crippen molar-refractivity contribution >= 4 is 56.7 Å². The van der Waals surface area contributed by atoms with E-state index in [0.717, 1.165) is 0 Å². The van der Waals surface area contributed by atoms with Gasteiger partial charge in [0.1, 0.15) is 5.82 Å². The van der Waals surface area contributed by atoms with Crippen LogP contribution in [0.25, 0.3) is 0 Å². The van der Waals surface area contributed by atoms with E-state index in [-0.39, 0.29) is 44.3 Å². The van der Waals surface area contributed by atoms with E-state index in [1.165, 1.54) is 36.4 Å². The predicted molar refractivity (Wildman–Crippen MR) is 118 cm³/mol. The highest BCUT2D eigenvalue weighted by Gasteiger charge is 2.33. The van der Waals surface area contributed by atoms with Gasteiger partial charge in [0.15, 0.2) is 18.2 Å². The molecule has 1 N–H and O–H groups in total. The molecular formula is C23H12BrClFNO5. The van der Waals surface area contributed by atoms with Crippen molar-refractivity contribution < 1.29 is 28.3 Å². The smallest absolute Gasteiger partial charge is 0.340 e. The number of rotatable bonds is 4. The van der Waals surface area contributed by atoms with Crippen molar-refractivity contribution in [2.75, 3.05) is 11.9 Å². The maximum Gasteiger partial charge on any atom is 0.340 e. The number of esters is 1. The molecule has 0 aliphatic heterocycles. The normalized spacial score (nSPS) is 12.1. The lowest BCUT2D eigenvalue weighted by Crippen LogP contribution is -2.24. The molecule has 0 aromatic heterocycles. The molecule has 0 bridgehead atoms. The quantitative estimate of drug-likeness (QED) is 0.393. The number of nitrogens with one attached hydrogen (secondary N) is 1. The summed E-state index contributed by atoms with van der Waals surface area (Å²) in [5, 5.41) is 2.05. The van der Waals surface area contributed by atoms with Crippen LogP contribution >= 0.6 is 27.5 Å². The molecular weight excluding hydrogens is 505 g/mol. The van der Waals surface area contributed by atoms with E-state index >= 15 is 0 Å². The molecule has 1 amide bonds. The Morgan fingerprint density at radius 2 is 1.66 bits per heavy atom. The van der Waals surface area contributed by atoms with Gasteiger partial charge >= 0.3 is 5.97 Å². The van der Waals surface area contributed by atoms with Crippen LogP contribution in [0, 0.1) is 5.82 Å². The fraction of sp³-hybridized carbons (Fsp3) is 0.0435. The van der Waals surface area contributed by atoms with Gasteiger partial charge in [-0.15, -0.1) is 0 Å². The van der Waals surface area contributed by atoms with Gasteiger partial charge in [0.25, 0.3) is 5.91 Å². The van der Waals surface area contributed by atoms with Crippen molar-refractivity contribution in [1.29, 1.82) is 0 Å². The number of ether oxygens (including phenoxy) is 1. The number of halogens is 3. The average molecular weight is 517 g/mol. The highest BCUT2D eigenvalue weighted by Crippen LogP contribution is 2.34. The van der Waals surface area contributed by atoms with Gasteiger partial charge in [-0.1, -0.05) is 51.8 Å². The predicted octanol–water partition coefficient (Wildman–Crippen LogP) is 4.81. The van der Waals surface area contributed by atoms with Crippen LogP contribution in [0.5, 0.6) is 0 Å². The maximum absolute atomic E-state index is 13.8. The first-order valence-electron chi connectivity index (χ1n) is 9.21. The lowest BCUT2D eigenvalue weighted by atomic mass is 9.83. The molecule has 0 fully saturated rings. The number of carbonyl (C=O) groups is 4. The Hall–Kier alpha value is -3.36. The van der Waals surface area contributed by atoms with Crippen LogP contribution in [-0.2, 0) is 9.53 Å². The molecule has 1 aliphatic rings. The van der Waals surface area contributed by atoms with Gasteiger partial charge in [-0.05, 0) is 30.3 Å². The summed E-state index contributed by atoms with van der Waals surface area (Å²) in [5.41, 5.74) is 0.184. The summed E-state index contributed by atoms with van der Waals surface area (Å²) in [6, 6.07) is 13.0. The maximum atomic E-state index is 13.8. The first kappa shape index (κ1) is 21.9. The Morgan fingerprint density at radius 3 is 2.34 bits per heavy atom. The van der Waals surface area contributed by atoms with Crippen LogP contribution in [-0.4, -0.2) is 30.0 Å². The molecule has 160 valence electrons. The van der Waals surface area contributed by atoms with Crippen LogP contribution < -0.4 is 5.32 Å². The number of hydrogen-bond donors (Lipinski definition) is 1. The average Bonchev–Trinajstić information content (AvgIpc) is 2.77. The number of anilines is 1. The molecule has 0 unspecified atom stereocenters. The molecule has 0 heterocycles. The van der Waals surface area contributed by atoms with Gasteiger partial charge in [-0.25, -0.2) is 9.18 Å². The minimum absolute atomic E-state index is 0.0798. The van der Waals surface area contributed by atoms with Gasteiger partial charge in [0.05, 0.1) is 21.8 Å². The van der Waals surface area contributed by atoms with E-state index < -0.39 is 30.1 Å². The molecule has 3 aromatic carbocycles. The standard InChI is InChI=1S/C23H12BrClFNO5/c24-11-5-8-17(16(26)9-11)27-18(28)10-32-23(31)15-7-6-14-19(20(15)25)22(30)13-4-2-1-3-12(13)21(14)29/h1-9H,10H2,(H,27,28). The number of fused-ring (bicyclic) bond motifs is 2. The van der Waals surface area contributed by atoms with Crippen LogP contribution in [0.1, 0.15) is 42.2 Å². The first-order chi connectivity index (χ1) is 15.3. The van der Waals surface area contributed by atoms with E-state index in [4.69, 9.17) is 16.3 Å². The SMILES string of the molecule is O=C(COC(=O)c1ccc2c(c1Cl)C(=O)c1ccccc1C2=O)Nc1ccc(Br)cc1F. The molecule has 0 radical (unpaired) electrons. The largest absolute Gasteiger partial charge is 0.452 e. The molecule has 0 saturated heterocycles. The second kappa shape index (κ2) is 8.64. The summed E-state index contributed by atoms with van der Waals surface area (Å²) < 4.78 is 19.3. The van der Waals surface area contributed by atoms with Crippen molar-refractivity contribution in [3.05, 3.63) is 97.7 Å². The Bertz CT molecular complexity index is 1320. The van der Waals surface area contributed by atoms with Gasteiger partial charge in [-0.3, -0.25) is 14.4 Å². The zero-order chi connectivity index (χ0) is 23.0. The van der Waals surface area contributed by atoms with Crippen molar-refractivity contribution in [1.82, 2.24) is 0 Å². The molecule has 32 heavy (non-hydrogen) atoms. The third-order valence-corrected chi connectivity index (χ3v) is 5.68. The first-order valence-corrected chi connectivity index (χ1v) is 10.4. The fourth-order valence-electron chi connectivity index (χ4n) is 3.29. The van der Waals surface area contributed by atoms with Crippen LogP contribution in [0.4, 0.5) is 10.1 Å². The van der Waals surface area contributed by atoms with E-state index in [1.807, 2.05) is 0 Å². The van der Waals surface area contributed by atoms with Crippen LogP contribution in [0.3, 0.4) is 0 Å². The minimum Gasteiger partial charge on any atom is -0.452 e. The Morgan fingerprint density at radius 1 is 0.969 bits per heavy atom. The van der Waals surface area contributed by atoms with Crippen molar-refractivity contribution in [3.8, 4) is 0 Å². The Labute approximate surface area is 194 Å². The van der Waals surface area contributed by atoms with E-state index in [0.29, 0.717) is 4.47 Å². The molecule has 4 rings (SSSR count). The molecule has 3 aromatic rings. The summed E-state index contributed by atoms with van der Waals surface area (Å²) >= 11 is 9.41. The number of ketones is 2. The van der Waals surface area contributed by atoms with E-state index in [2.05, 4.69) is 21.2 Å². The van der Waals surface area contributed by atoms with Crippen molar-refractivity contribution in [2.45, 2.75) is 0 Å². The monoisotopic (exact) mass is 515 g/mol. The second-order valence-electron chi connectivity index (χ2n) is 6.80. The summed E-state index contributed by atoms with van der Waals surface area (Å²) in [4.78, 5) is 50.1. The zero-order valence-electron chi connectivity index (χ0n) is 16.1. The molecule has 0 atom stereocenters. The van der Waals surface area contributed by atoms with Gasteiger partial charge < -0.3 is 10.1 Å².